The molecule has 60 heavy (non-hydrogen) atoms. The number of rotatable bonds is 5. The van der Waals surface area contributed by atoms with Crippen molar-refractivity contribution in [3.8, 4) is 40.4 Å². The lowest BCUT2D eigenvalue weighted by Crippen LogP contribution is -2.10. The molecule has 0 saturated carbocycles. The summed E-state index contributed by atoms with van der Waals surface area (Å²) < 4.78 is 13.0. The third-order valence-corrected chi connectivity index (χ3v) is 11.7. The van der Waals surface area contributed by atoms with Crippen LogP contribution in [0.1, 0.15) is 0 Å². The molecule has 13 aromatic rings. The highest BCUT2D eigenvalue weighted by Gasteiger charge is 2.25. The molecule has 8 nitrogen and oxygen atoms in total. The highest BCUT2D eigenvalue weighted by Crippen LogP contribution is 2.42. The second kappa shape index (κ2) is 12.6. The SMILES string of the molecule is c1ccc(-c2nc(-n3c4ccccc4c4ccccc43)nc(-n3c4ccccc4c4ccc5c6ccccc6n(-c6cccc(-c7nc8ccccc8o7)c6)c5c43)n2)cc1. The van der Waals surface area contributed by atoms with Crippen molar-refractivity contribution in [3.63, 3.8) is 0 Å². The summed E-state index contributed by atoms with van der Waals surface area (Å²) in [5.74, 6) is 2.23. The summed E-state index contributed by atoms with van der Waals surface area (Å²) >= 11 is 0. The molecule has 0 saturated heterocycles. The van der Waals surface area contributed by atoms with Gasteiger partial charge in [-0.25, -0.2) is 4.98 Å². The van der Waals surface area contributed by atoms with Crippen LogP contribution >= 0.6 is 0 Å². The monoisotopic (exact) mass is 769 g/mol. The van der Waals surface area contributed by atoms with Crippen LogP contribution in [-0.2, 0) is 0 Å². The molecule has 0 amide bonds. The van der Waals surface area contributed by atoms with Crippen molar-refractivity contribution < 1.29 is 4.42 Å². The van der Waals surface area contributed by atoms with E-state index in [4.69, 9.17) is 24.4 Å². The molecule has 0 spiro atoms. The highest BCUT2D eigenvalue weighted by molar-refractivity contribution is 6.23. The molecule has 0 N–H and O–H groups in total. The van der Waals surface area contributed by atoms with Crippen LogP contribution in [0.25, 0.3) is 117 Å². The first-order chi connectivity index (χ1) is 29.8. The van der Waals surface area contributed by atoms with Crippen molar-refractivity contribution >= 4 is 76.5 Å². The van der Waals surface area contributed by atoms with Gasteiger partial charge in [0.2, 0.25) is 17.8 Å². The Hall–Kier alpha value is -8.36. The molecule has 8 heteroatoms. The van der Waals surface area contributed by atoms with Crippen molar-refractivity contribution in [2.45, 2.75) is 0 Å². The van der Waals surface area contributed by atoms with Crippen LogP contribution in [0.2, 0.25) is 0 Å². The maximum Gasteiger partial charge on any atom is 0.240 e. The van der Waals surface area contributed by atoms with Gasteiger partial charge in [-0.05, 0) is 54.6 Å². The number of fused-ring (bicyclic) bond motifs is 11. The van der Waals surface area contributed by atoms with Crippen molar-refractivity contribution in [2.75, 3.05) is 0 Å². The topological polar surface area (TPSA) is 79.5 Å². The van der Waals surface area contributed by atoms with Crippen LogP contribution in [0.3, 0.4) is 0 Å². The van der Waals surface area contributed by atoms with Crippen molar-refractivity contribution in [3.05, 3.63) is 188 Å². The molecule has 5 heterocycles. The fourth-order valence-corrected chi connectivity index (χ4v) is 9.16. The molecule has 5 aromatic heterocycles. The van der Waals surface area contributed by atoms with E-state index in [1.807, 2.05) is 42.5 Å². The number of hydrogen-bond acceptors (Lipinski definition) is 5. The summed E-state index contributed by atoms with van der Waals surface area (Å²) in [6.07, 6.45) is 0. The molecule has 0 fully saturated rings. The standard InChI is InChI=1S/C52H31N7O/c1-2-15-32(16-3-1)49-54-51(58-43-25-10-4-19-35(43)36-20-5-11-26-44(36)58)56-52(55-49)59-45-27-12-7-22-38(45)40-30-29-39-37-21-6-9-24-42(37)57(47(39)48(40)59)34-18-14-17-33(31-34)50-53-41-23-8-13-28-46(41)60-50/h1-31H. The first kappa shape index (κ1) is 32.7. The first-order valence-corrected chi connectivity index (χ1v) is 20.0. The molecule has 0 radical (unpaired) electrons. The normalized spacial score (nSPS) is 12.0. The lowest BCUT2D eigenvalue weighted by atomic mass is 10.1. The third-order valence-electron chi connectivity index (χ3n) is 11.7. The average Bonchev–Trinajstić information content (AvgIpc) is 4.08. The smallest absolute Gasteiger partial charge is 0.240 e. The highest BCUT2D eigenvalue weighted by atomic mass is 16.3. The second-order valence-corrected chi connectivity index (χ2v) is 15.1. The number of para-hydroxylation sites is 6. The van der Waals surface area contributed by atoms with Gasteiger partial charge in [0.1, 0.15) is 5.52 Å². The Balaban J connectivity index is 1.15. The quantitative estimate of drug-likeness (QED) is 0.174. The maximum absolute atomic E-state index is 6.28. The largest absolute Gasteiger partial charge is 0.436 e. The molecule has 0 aliphatic rings. The Bertz CT molecular complexity index is 3770. The Labute approximate surface area is 341 Å². The van der Waals surface area contributed by atoms with Gasteiger partial charge in [-0.3, -0.25) is 9.13 Å². The number of aromatic nitrogens is 7. The molecule has 8 aromatic carbocycles. The first-order valence-electron chi connectivity index (χ1n) is 20.0. The zero-order chi connectivity index (χ0) is 39.3. The minimum Gasteiger partial charge on any atom is -0.436 e. The van der Waals surface area contributed by atoms with E-state index in [0.717, 1.165) is 93.3 Å². The molecule has 0 aliphatic carbocycles. The van der Waals surface area contributed by atoms with E-state index < -0.39 is 0 Å². The van der Waals surface area contributed by atoms with Gasteiger partial charge in [-0.1, -0.05) is 133 Å². The van der Waals surface area contributed by atoms with Crippen LogP contribution in [0.5, 0.6) is 0 Å². The van der Waals surface area contributed by atoms with Crippen LogP contribution in [-0.4, -0.2) is 33.6 Å². The fourth-order valence-electron chi connectivity index (χ4n) is 9.16. The van der Waals surface area contributed by atoms with E-state index in [9.17, 15) is 0 Å². The van der Waals surface area contributed by atoms with Gasteiger partial charge in [0.25, 0.3) is 0 Å². The Morgan fingerprint density at radius 1 is 0.350 bits per heavy atom. The predicted molar refractivity (Wildman–Crippen MR) is 241 cm³/mol. The lowest BCUT2D eigenvalue weighted by molar-refractivity contribution is 0.620. The summed E-state index contributed by atoms with van der Waals surface area (Å²) in [6.45, 7) is 0. The molecular formula is C52H31N7O. The summed E-state index contributed by atoms with van der Waals surface area (Å²) in [5, 5.41) is 6.74. The summed E-state index contributed by atoms with van der Waals surface area (Å²) in [7, 11) is 0. The zero-order valence-electron chi connectivity index (χ0n) is 31.9. The van der Waals surface area contributed by atoms with Gasteiger partial charge < -0.3 is 8.98 Å². The number of oxazole rings is 1. The Morgan fingerprint density at radius 2 is 0.850 bits per heavy atom. The second-order valence-electron chi connectivity index (χ2n) is 15.1. The zero-order valence-corrected chi connectivity index (χ0v) is 31.9. The predicted octanol–water partition coefficient (Wildman–Crippen LogP) is 12.6. The van der Waals surface area contributed by atoms with Crippen molar-refractivity contribution in [2.24, 2.45) is 0 Å². The Kier molecular flexibility index (Phi) is 6.85. The summed E-state index contributed by atoms with van der Waals surface area (Å²) in [5.41, 5.74) is 10.5. The maximum atomic E-state index is 6.28. The molecule has 0 aliphatic heterocycles. The van der Waals surface area contributed by atoms with E-state index in [2.05, 4.69) is 159 Å². The summed E-state index contributed by atoms with van der Waals surface area (Å²) in [4.78, 5) is 20.9. The average molecular weight is 770 g/mol. The minimum absolute atomic E-state index is 0.524. The molecular weight excluding hydrogens is 739 g/mol. The van der Waals surface area contributed by atoms with E-state index in [1.54, 1.807) is 0 Å². The van der Waals surface area contributed by atoms with Crippen LogP contribution in [0, 0.1) is 0 Å². The van der Waals surface area contributed by atoms with Gasteiger partial charge in [-0.2, -0.15) is 15.0 Å². The third kappa shape index (κ3) is 4.73. The molecule has 280 valence electrons. The number of nitrogens with zero attached hydrogens (tertiary/aromatic N) is 7. The number of hydrogen-bond donors (Lipinski definition) is 0. The van der Waals surface area contributed by atoms with Crippen LogP contribution in [0.15, 0.2) is 192 Å². The van der Waals surface area contributed by atoms with Gasteiger partial charge in [-0.15, -0.1) is 0 Å². The van der Waals surface area contributed by atoms with Gasteiger partial charge in [0.05, 0.1) is 33.1 Å². The molecule has 13 rings (SSSR count). The van der Waals surface area contributed by atoms with Crippen molar-refractivity contribution in [1.29, 1.82) is 0 Å². The number of benzene rings is 8. The lowest BCUT2D eigenvalue weighted by Gasteiger charge is -2.14. The van der Waals surface area contributed by atoms with Crippen LogP contribution < -0.4 is 0 Å². The molecule has 0 atom stereocenters. The van der Waals surface area contributed by atoms with E-state index in [0.29, 0.717) is 23.6 Å². The van der Waals surface area contributed by atoms with Crippen molar-refractivity contribution in [1.82, 2.24) is 33.6 Å². The Morgan fingerprint density at radius 3 is 1.50 bits per heavy atom. The van der Waals surface area contributed by atoms with Gasteiger partial charge in [0.15, 0.2) is 11.4 Å². The minimum atomic E-state index is 0.524. The summed E-state index contributed by atoms with van der Waals surface area (Å²) in [6, 6.07) is 65.0. The van der Waals surface area contributed by atoms with Gasteiger partial charge in [0, 0.05) is 49.1 Å². The van der Waals surface area contributed by atoms with E-state index in [-0.39, 0.29) is 0 Å². The fraction of sp³-hybridized carbons (Fsp3) is 0. The van der Waals surface area contributed by atoms with Crippen LogP contribution in [0.4, 0.5) is 0 Å². The van der Waals surface area contributed by atoms with E-state index in [1.165, 1.54) is 0 Å². The molecule has 0 bridgehead atoms. The molecule has 0 unspecified atom stereocenters. The van der Waals surface area contributed by atoms with Gasteiger partial charge >= 0.3 is 0 Å². The van der Waals surface area contributed by atoms with E-state index >= 15 is 0 Å².